The van der Waals surface area contributed by atoms with Crippen molar-refractivity contribution in [1.29, 1.82) is 0 Å². The van der Waals surface area contributed by atoms with E-state index in [1.54, 1.807) is 4.90 Å². The maximum atomic E-state index is 13.1. The molecule has 0 aromatic heterocycles. The van der Waals surface area contributed by atoms with Gasteiger partial charge in [-0.15, -0.1) is 0 Å². The molecule has 3 aliphatic rings. The van der Waals surface area contributed by atoms with E-state index in [1.165, 1.54) is 0 Å². The first kappa shape index (κ1) is 18.1. The number of hydrogen-bond donors (Lipinski definition) is 3. The van der Waals surface area contributed by atoms with Crippen molar-refractivity contribution in [2.75, 3.05) is 6.54 Å². The largest absolute Gasteiger partial charge is 0.322 e. The lowest BCUT2D eigenvalue weighted by atomic mass is 9.98. The lowest BCUT2D eigenvalue weighted by Gasteiger charge is -2.31. The van der Waals surface area contributed by atoms with E-state index in [9.17, 15) is 14.4 Å². The Bertz CT molecular complexity index is 778. The van der Waals surface area contributed by atoms with Crippen molar-refractivity contribution in [2.45, 2.75) is 63.8 Å². The molecule has 3 heterocycles. The molecule has 144 valence electrons. The van der Waals surface area contributed by atoms with Gasteiger partial charge in [0, 0.05) is 37.2 Å². The van der Waals surface area contributed by atoms with Crippen molar-refractivity contribution in [1.82, 2.24) is 20.9 Å². The summed E-state index contributed by atoms with van der Waals surface area (Å²) in [4.78, 5) is 38.3. The van der Waals surface area contributed by atoms with Crippen LogP contribution in [0.2, 0.25) is 0 Å². The highest BCUT2D eigenvalue weighted by atomic mass is 16.2. The summed E-state index contributed by atoms with van der Waals surface area (Å²) in [5.41, 5.74) is 2.65. The number of hydrogen-bond acceptors (Lipinski definition) is 5. The summed E-state index contributed by atoms with van der Waals surface area (Å²) in [6, 6.07) is 6.14. The summed E-state index contributed by atoms with van der Waals surface area (Å²) in [7, 11) is 0. The van der Waals surface area contributed by atoms with Crippen LogP contribution >= 0.6 is 0 Å². The summed E-state index contributed by atoms with van der Waals surface area (Å²) in [5.74, 6) is -0.735. The number of fused-ring (bicyclic) bond motifs is 1. The van der Waals surface area contributed by atoms with Crippen molar-refractivity contribution in [3.63, 3.8) is 0 Å². The maximum Gasteiger partial charge on any atom is 0.255 e. The minimum absolute atomic E-state index is 0.105. The molecular formula is C20H26N4O3. The van der Waals surface area contributed by atoms with Crippen LogP contribution in [0.3, 0.4) is 0 Å². The normalized spacial score (nSPS) is 28.3. The van der Waals surface area contributed by atoms with Gasteiger partial charge in [0.2, 0.25) is 11.8 Å². The van der Waals surface area contributed by atoms with Crippen LogP contribution in [-0.2, 0) is 22.7 Å². The summed E-state index contributed by atoms with van der Waals surface area (Å²) in [6.07, 6.45) is 2.94. The molecule has 0 saturated carbocycles. The number of carbonyl (C=O) groups excluding carboxylic acids is 3. The van der Waals surface area contributed by atoms with Gasteiger partial charge in [0.25, 0.3) is 5.91 Å². The fourth-order valence-electron chi connectivity index (χ4n) is 4.40. The Hall–Kier alpha value is -2.25. The number of rotatable bonds is 4. The molecular weight excluding hydrogens is 344 g/mol. The van der Waals surface area contributed by atoms with Crippen molar-refractivity contribution >= 4 is 17.7 Å². The Kier molecular flexibility index (Phi) is 4.97. The van der Waals surface area contributed by atoms with Crippen LogP contribution < -0.4 is 16.0 Å². The zero-order valence-corrected chi connectivity index (χ0v) is 15.6. The van der Waals surface area contributed by atoms with E-state index >= 15 is 0 Å². The van der Waals surface area contributed by atoms with Gasteiger partial charge in [-0.2, -0.15) is 0 Å². The minimum Gasteiger partial charge on any atom is -0.322 e. The number of benzene rings is 1. The molecule has 4 rings (SSSR count). The third-order valence-electron chi connectivity index (χ3n) is 5.96. The first-order valence-electron chi connectivity index (χ1n) is 9.77. The molecule has 0 spiro atoms. The average Bonchev–Trinajstić information content (AvgIpc) is 2.98. The fraction of sp³-hybridized carbons (Fsp3) is 0.550. The van der Waals surface area contributed by atoms with Crippen molar-refractivity contribution < 1.29 is 14.4 Å². The molecule has 27 heavy (non-hydrogen) atoms. The van der Waals surface area contributed by atoms with Gasteiger partial charge < -0.3 is 15.5 Å². The highest BCUT2D eigenvalue weighted by Gasteiger charge is 2.40. The molecule has 2 saturated heterocycles. The van der Waals surface area contributed by atoms with Crippen LogP contribution in [0.5, 0.6) is 0 Å². The van der Waals surface area contributed by atoms with E-state index in [0.29, 0.717) is 37.2 Å². The Morgan fingerprint density at radius 1 is 1.22 bits per heavy atom. The highest BCUT2D eigenvalue weighted by molar-refractivity contribution is 6.05. The van der Waals surface area contributed by atoms with Crippen LogP contribution in [-0.4, -0.2) is 47.3 Å². The van der Waals surface area contributed by atoms with Crippen molar-refractivity contribution in [3.05, 3.63) is 34.9 Å². The minimum atomic E-state index is -0.564. The fourth-order valence-corrected chi connectivity index (χ4v) is 4.40. The predicted molar refractivity (Wildman–Crippen MR) is 99.8 cm³/mol. The summed E-state index contributed by atoms with van der Waals surface area (Å²) in [5, 5.41) is 9.42. The molecule has 3 aliphatic heterocycles. The molecule has 3 atom stereocenters. The van der Waals surface area contributed by atoms with Gasteiger partial charge in [-0.05, 0) is 43.9 Å². The monoisotopic (exact) mass is 370 g/mol. The van der Waals surface area contributed by atoms with Gasteiger partial charge in [0.1, 0.15) is 6.04 Å². The maximum absolute atomic E-state index is 13.1. The molecule has 0 bridgehead atoms. The van der Waals surface area contributed by atoms with Gasteiger partial charge in [0.15, 0.2) is 0 Å². The molecule has 1 unspecified atom stereocenters. The topological polar surface area (TPSA) is 90.5 Å². The molecule has 1 aromatic carbocycles. The number of amides is 3. The summed E-state index contributed by atoms with van der Waals surface area (Å²) in [6.45, 7) is 4.30. The lowest BCUT2D eigenvalue weighted by molar-refractivity contribution is -0.136. The smallest absolute Gasteiger partial charge is 0.255 e. The molecule has 0 aliphatic carbocycles. The average molecular weight is 370 g/mol. The van der Waals surface area contributed by atoms with Crippen LogP contribution in [0.15, 0.2) is 18.2 Å². The van der Waals surface area contributed by atoms with Gasteiger partial charge in [-0.3, -0.25) is 19.7 Å². The second-order valence-electron chi connectivity index (χ2n) is 7.72. The molecule has 0 radical (unpaired) electrons. The molecule has 2 fully saturated rings. The number of piperidine rings is 2. The van der Waals surface area contributed by atoms with Gasteiger partial charge in [-0.1, -0.05) is 18.2 Å². The van der Waals surface area contributed by atoms with E-state index in [0.717, 1.165) is 30.5 Å². The third-order valence-corrected chi connectivity index (χ3v) is 5.96. The standard InChI is InChI=1S/C20H26N4O3/c1-12-15(6-3-9-21-12)22-10-13-4-2-5-14-11-24(20(27)18(13)14)16-7-8-17(25)23-19(16)26/h2,4-5,12,15-16,21-22H,3,6-11H2,1H3,(H,23,25,26)/t12-,15-,16?/m1/s1. The van der Waals surface area contributed by atoms with Crippen LogP contribution in [0, 0.1) is 0 Å². The number of imide groups is 1. The van der Waals surface area contributed by atoms with Gasteiger partial charge in [-0.25, -0.2) is 0 Å². The van der Waals surface area contributed by atoms with Gasteiger partial charge in [0.05, 0.1) is 0 Å². The highest BCUT2D eigenvalue weighted by Crippen LogP contribution is 2.30. The zero-order chi connectivity index (χ0) is 19.0. The van der Waals surface area contributed by atoms with Crippen LogP contribution in [0.4, 0.5) is 0 Å². The summed E-state index contributed by atoms with van der Waals surface area (Å²) >= 11 is 0. The number of nitrogens with zero attached hydrogens (tertiary/aromatic N) is 1. The Morgan fingerprint density at radius 3 is 2.85 bits per heavy atom. The first-order chi connectivity index (χ1) is 13.0. The number of nitrogens with one attached hydrogen (secondary N) is 3. The molecule has 7 nitrogen and oxygen atoms in total. The van der Waals surface area contributed by atoms with Crippen molar-refractivity contribution in [3.8, 4) is 0 Å². The van der Waals surface area contributed by atoms with E-state index in [2.05, 4.69) is 22.9 Å². The Labute approximate surface area is 158 Å². The Morgan fingerprint density at radius 2 is 2.07 bits per heavy atom. The number of carbonyl (C=O) groups is 3. The third kappa shape index (κ3) is 3.49. The molecule has 3 N–H and O–H groups in total. The quantitative estimate of drug-likeness (QED) is 0.678. The second kappa shape index (κ2) is 7.40. The van der Waals surface area contributed by atoms with Gasteiger partial charge >= 0.3 is 0 Å². The predicted octanol–water partition coefficient (Wildman–Crippen LogP) is 0.678. The lowest BCUT2D eigenvalue weighted by Crippen LogP contribution is -2.52. The SMILES string of the molecule is C[C@H]1NCCC[C@H]1NCc1cccc2c1C(=O)N(C1CCC(=O)NC1=O)C2. The van der Waals surface area contributed by atoms with E-state index in [1.807, 2.05) is 18.2 Å². The van der Waals surface area contributed by atoms with Crippen LogP contribution in [0.25, 0.3) is 0 Å². The molecule has 7 heteroatoms. The summed E-state index contributed by atoms with van der Waals surface area (Å²) < 4.78 is 0. The molecule has 3 amide bonds. The van der Waals surface area contributed by atoms with E-state index in [-0.39, 0.29) is 24.1 Å². The van der Waals surface area contributed by atoms with E-state index < -0.39 is 6.04 Å². The second-order valence-corrected chi connectivity index (χ2v) is 7.72. The first-order valence-corrected chi connectivity index (χ1v) is 9.77. The van der Waals surface area contributed by atoms with Crippen molar-refractivity contribution in [2.24, 2.45) is 0 Å². The van der Waals surface area contributed by atoms with Crippen LogP contribution in [0.1, 0.15) is 54.1 Å². The Balaban J connectivity index is 1.49. The van der Waals surface area contributed by atoms with E-state index in [4.69, 9.17) is 0 Å². The zero-order valence-electron chi connectivity index (χ0n) is 15.6. The molecule has 1 aromatic rings.